The van der Waals surface area contributed by atoms with E-state index in [0.717, 1.165) is 54.4 Å². The molecule has 0 N–H and O–H groups in total. The van der Waals surface area contributed by atoms with Gasteiger partial charge in [-0.1, -0.05) is 0 Å². The molecular formula is C28H33O2P. The van der Waals surface area contributed by atoms with Gasteiger partial charge in [0.2, 0.25) is 0 Å². The molecule has 0 amide bonds. The van der Waals surface area contributed by atoms with Crippen LogP contribution in [0, 0.1) is 0 Å². The Labute approximate surface area is 186 Å². The van der Waals surface area contributed by atoms with Gasteiger partial charge in [0.15, 0.2) is 0 Å². The molecule has 0 radical (unpaired) electrons. The molecule has 0 saturated heterocycles. The molecule has 0 heterocycles. The zero-order valence-electron chi connectivity index (χ0n) is 18.5. The zero-order valence-corrected chi connectivity index (χ0v) is 19.3. The van der Waals surface area contributed by atoms with Gasteiger partial charge in [-0.25, -0.2) is 0 Å². The van der Waals surface area contributed by atoms with Gasteiger partial charge in [-0.15, -0.1) is 0 Å². The maximum atomic E-state index is 13.5. The first kappa shape index (κ1) is 21.8. The molecule has 0 bridgehead atoms. The van der Waals surface area contributed by atoms with E-state index in [9.17, 15) is 4.79 Å². The Morgan fingerprint density at radius 1 is 0.742 bits per heavy atom. The van der Waals surface area contributed by atoms with Gasteiger partial charge >= 0.3 is 187 Å². The van der Waals surface area contributed by atoms with Crippen molar-refractivity contribution >= 4 is 28.7 Å². The molecule has 31 heavy (non-hydrogen) atoms. The first-order valence-electron chi connectivity index (χ1n) is 11.6. The molecule has 0 aromatic heterocycles. The maximum absolute atomic E-state index is 13.5. The molecule has 3 aromatic carbocycles. The van der Waals surface area contributed by atoms with Crippen molar-refractivity contribution in [3.63, 3.8) is 0 Å². The summed E-state index contributed by atoms with van der Waals surface area (Å²) in [6.07, 6.45) is 6.94. The van der Waals surface area contributed by atoms with Crippen LogP contribution in [0.5, 0.6) is 0 Å². The number of benzene rings is 3. The molecule has 1 fully saturated rings. The average Bonchev–Trinajstić information content (AvgIpc) is 3.69. The topological polar surface area (TPSA) is 26.3 Å². The van der Waals surface area contributed by atoms with E-state index in [1.807, 2.05) is 18.2 Å². The van der Waals surface area contributed by atoms with Gasteiger partial charge in [0.25, 0.3) is 0 Å². The Balaban J connectivity index is 1.93. The van der Waals surface area contributed by atoms with Crippen molar-refractivity contribution in [1.82, 2.24) is 0 Å². The Morgan fingerprint density at radius 3 is 1.58 bits per heavy atom. The van der Waals surface area contributed by atoms with Crippen molar-refractivity contribution in [2.75, 3.05) is 0 Å². The second kappa shape index (κ2) is 9.37. The number of hydrogen-bond donors (Lipinski definition) is 0. The molecule has 4 rings (SSSR count). The summed E-state index contributed by atoms with van der Waals surface area (Å²) in [7, 11) is 0. The standard InChI is InChI=1S/C28H33O2P/c1-2-3-4-14-21-28(29)30-31(27-22-23-27,24-15-8-5-9-16-24,25-17-10-6-11-18-25)26-19-12-7-13-20-26/h5-13,15-20,27H,2-4,14,21-23H2,1H3. The second-order valence-corrected chi connectivity index (χ2v) is 13.3. The summed E-state index contributed by atoms with van der Waals surface area (Å²) in [6, 6.07) is 31.7. The molecule has 0 atom stereocenters. The third-order valence-corrected chi connectivity index (χ3v) is 13.0. The van der Waals surface area contributed by atoms with E-state index >= 15 is 0 Å². The summed E-state index contributed by atoms with van der Waals surface area (Å²) in [5.41, 5.74) is 0.331. The number of carbonyl (C=O) groups is 1. The minimum absolute atomic E-state index is 0.0581. The molecule has 2 nitrogen and oxygen atoms in total. The fourth-order valence-electron chi connectivity index (χ4n) is 5.00. The van der Waals surface area contributed by atoms with Crippen LogP contribution in [0.15, 0.2) is 91.0 Å². The number of carbonyl (C=O) groups excluding carboxylic acids is 1. The number of unbranched alkanes of at least 4 members (excludes halogenated alkanes) is 3. The van der Waals surface area contributed by atoms with Crippen molar-refractivity contribution in [3.05, 3.63) is 91.0 Å². The van der Waals surface area contributed by atoms with Gasteiger partial charge in [0.05, 0.1) is 0 Å². The summed E-state index contributed by atoms with van der Waals surface area (Å²) in [5, 5.41) is 3.49. The Kier molecular flexibility index (Phi) is 6.58. The van der Waals surface area contributed by atoms with Crippen LogP contribution in [0.25, 0.3) is 0 Å². The molecule has 162 valence electrons. The normalized spacial score (nSPS) is 15.1. The van der Waals surface area contributed by atoms with Gasteiger partial charge in [-0.05, 0) is 0 Å². The van der Waals surface area contributed by atoms with Crippen molar-refractivity contribution in [2.24, 2.45) is 0 Å². The van der Waals surface area contributed by atoms with Crippen LogP contribution in [0.3, 0.4) is 0 Å². The van der Waals surface area contributed by atoms with Crippen molar-refractivity contribution in [2.45, 2.75) is 57.5 Å². The van der Waals surface area contributed by atoms with Crippen molar-refractivity contribution < 1.29 is 9.32 Å². The quantitative estimate of drug-likeness (QED) is 0.285. The molecule has 3 heteroatoms. The molecule has 0 unspecified atom stereocenters. The molecule has 1 aliphatic carbocycles. The monoisotopic (exact) mass is 432 g/mol. The van der Waals surface area contributed by atoms with Crippen LogP contribution in [0.2, 0.25) is 0 Å². The van der Waals surface area contributed by atoms with Gasteiger partial charge in [0.1, 0.15) is 0 Å². The van der Waals surface area contributed by atoms with E-state index in [4.69, 9.17) is 4.52 Å². The average molecular weight is 433 g/mol. The van der Waals surface area contributed by atoms with E-state index in [1.165, 1.54) is 0 Å². The Morgan fingerprint density at radius 2 is 1.19 bits per heavy atom. The van der Waals surface area contributed by atoms with Crippen LogP contribution < -0.4 is 15.9 Å². The number of hydrogen-bond acceptors (Lipinski definition) is 2. The minimum atomic E-state index is -3.44. The Hall–Kier alpha value is -2.44. The van der Waals surface area contributed by atoms with Crippen LogP contribution >= 0.6 is 6.83 Å². The fourth-order valence-corrected chi connectivity index (χ4v) is 11.6. The Bertz CT molecular complexity index is 882. The van der Waals surface area contributed by atoms with Gasteiger partial charge in [0, 0.05) is 0 Å². The molecule has 1 aliphatic rings. The van der Waals surface area contributed by atoms with Crippen LogP contribution in [0.1, 0.15) is 51.9 Å². The van der Waals surface area contributed by atoms with E-state index in [-0.39, 0.29) is 5.97 Å². The van der Waals surface area contributed by atoms with E-state index < -0.39 is 6.83 Å². The summed E-state index contributed by atoms with van der Waals surface area (Å²) < 4.78 is 6.98. The van der Waals surface area contributed by atoms with Crippen LogP contribution in [0.4, 0.5) is 0 Å². The fraction of sp³-hybridized carbons (Fsp3) is 0.321. The molecule has 3 aromatic rings. The third kappa shape index (κ3) is 3.83. The molecular weight excluding hydrogens is 399 g/mol. The van der Waals surface area contributed by atoms with Crippen LogP contribution in [-0.2, 0) is 9.32 Å². The predicted octanol–water partition coefficient (Wildman–Crippen LogP) is 6.11. The number of rotatable bonds is 10. The summed E-state index contributed by atoms with van der Waals surface area (Å²) in [6.45, 7) is -1.25. The molecule has 0 spiro atoms. The second-order valence-electron chi connectivity index (χ2n) is 8.61. The van der Waals surface area contributed by atoms with E-state index in [1.54, 1.807) is 0 Å². The first-order chi connectivity index (χ1) is 15.2. The van der Waals surface area contributed by atoms with Gasteiger partial charge in [-0.2, -0.15) is 0 Å². The summed E-state index contributed by atoms with van der Waals surface area (Å²) in [4.78, 5) is 13.5. The van der Waals surface area contributed by atoms with E-state index in [2.05, 4.69) is 79.7 Å². The summed E-state index contributed by atoms with van der Waals surface area (Å²) in [5.74, 6) is -0.0581. The van der Waals surface area contributed by atoms with Crippen molar-refractivity contribution in [1.29, 1.82) is 0 Å². The predicted molar refractivity (Wildman–Crippen MR) is 133 cm³/mol. The van der Waals surface area contributed by atoms with Gasteiger partial charge < -0.3 is 0 Å². The van der Waals surface area contributed by atoms with Crippen molar-refractivity contribution in [3.8, 4) is 0 Å². The third-order valence-electron chi connectivity index (χ3n) is 6.58. The SMILES string of the molecule is CCCCCCC(=O)OP(c1ccccc1)(c1ccccc1)(c1ccccc1)C1CC1. The van der Waals surface area contributed by atoms with Crippen LogP contribution in [-0.4, -0.2) is 11.6 Å². The molecule has 1 saturated carbocycles. The van der Waals surface area contributed by atoms with E-state index in [0.29, 0.717) is 12.1 Å². The zero-order chi connectivity index (χ0) is 21.6. The molecule has 0 aliphatic heterocycles. The van der Waals surface area contributed by atoms with Gasteiger partial charge in [-0.3, -0.25) is 0 Å². The summed E-state index contributed by atoms with van der Waals surface area (Å²) >= 11 is 0. The first-order valence-corrected chi connectivity index (χ1v) is 13.9.